The number of hydrogen-bond donors (Lipinski definition) is 6. The number of aliphatic hydroxyl groups excluding tert-OH is 6. The minimum Gasteiger partial charge on any atom is -0.396 e. The number of fused-ring (bicyclic) bond motifs is 4. The zero-order valence-corrected chi connectivity index (χ0v) is 28.1. The fourth-order valence-corrected chi connectivity index (χ4v) is 12.9. The summed E-state index contributed by atoms with van der Waals surface area (Å²) in [7, 11) is 0. The van der Waals surface area contributed by atoms with E-state index in [9.17, 15) is 30.6 Å². The smallest absolute Gasteiger partial charge is 0.186 e. The summed E-state index contributed by atoms with van der Waals surface area (Å²) >= 11 is 0. The molecule has 7 aliphatic rings. The quantitative estimate of drug-likeness (QED) is 0.203. The maximum absolute atomic E-state index is 12.0. The average Bonchev–Trinajstić information content (AvgIpc) is 3.26. The van der Waals surface area contributed by atoms with Gasteiger partial charge in [0.05, 0.1) is 37.6 Å². The minimum absolute atomic E-state index is 0.102. The molecule has 4 saturated carbocycles. The van der Waals surface area contributed by atoms with Crippen LogP contribution in [-0.4, -0.2) is 99.0 Å². The van der Waals surface area contributed by atoms with Crippen molar-refractivity contribution in [2.45, 2.75) is 141 Å². The summed E-state index contributed by atoms with van der Waals surface area (Å²) in [5.41, 5.74) is -1.57. The van der Waals surface area contributed by atoms with Gasteiger partial charge in [0.25, 0.3) is 0 Å². The van der Waals surface area contributed by atoms with Gasteiger partial charge in [0.2, 0.25) is 0 Å². The van der Waals surface area contributed by atoms with Gasteiger partial charge in [-0.1, -0.05) is 53.7 Å². The second-order valence-corrected chi connectivity index (χ2v) is 18.2. The van der Waals surface area contributed by atoms with Crippen LogP contribution >= 0.6 is 0 Å². The van der Waals surface area contributed by atoms with Crippen LogP contribution in [0.4, 0.5) is 0 Å². The predicted octanol–water partition coefficient (Wildman–Crippen LogP) is 2.93. The zero-order valence-electron chi connectivity index (χ0n) is 28.1. The van der Waals surface area contributed by atoms with Gasteiger partial charge in [-0.2, -0.15) is 0 Å². The fraction of sp³-hybridized carbons (Fsp3) is 0.944. The number of hydrogen-bond acceptors (Lipinski definition) is 9. The summed E-state index contributed by atoms with van der Waals surface area (Å²) in [6, 6.07) is 0. The highest BCUT2D eigenvalue weighted by Gasteiger charge is 2.79. The van der Waals surface area contributed by atoms with E-state index in [1.165, 1.54) is 0 Å². The topological polar surface area (TPSA) is 149 Å². The van der Waals surface area contributed by atoms with Crippen LogP contribution in [0.15, 0.2) is 12.2 Å². The molecule has 0 amide bonds. The van der Waals surface area contributed by atoms with Crippen molar-refractivity contribution in [3.8, 4) is 0 Å². The molecule has 2 unspecified atom stereocenters. The summed E-state index contributed by atoms with van der Waals surface area (Å²) in [6.45, 7) is 14.1. The Morgan fingerprint density at radius 2 is 1.56 bits per heavy atom. The van der Waals surface area contributed by atoms with Crippen molar-refractivity contribution in [1.82, 2.24) is 0 Å². The van der Waals surface area contributed by atoms with Crippen molar-refractivity contribution >= 4 is 0 Å². The normalized spacial score (nSPS) is 59.9. The molecular weight excluding hydrogens is 576 g/mol. The third-order valence-corrected chi connectivity index (χ3v) is 15.8. The van der Waals surface area contributed by atoms with E-state index in [-0.39, 0.29) is 57.5 Å². The maximum Gasteiger partial charge on any atom is 0.186 e. The van der Waals surface area contributed by atoms with Gasteiger partial charge in [0.15, 0.2) is 6.29 Å². The van der Waals surface area contributed by atoms with E-state index >= 15 is 0 Å². The Labute approximate surface area is 268 Å². The van der Waals surface area contributed by atoms with Gasteiger partial charge < -0.3 is 44.8 Å². The van der Waals surface area contributed by atoms with Crippen molar-refractivity contribution in [2.75, 3.05) is 19.8 Å². The van der Waals surface area contributed by atoms with Gasteiger partial charge in [-0.05, 0) is 79.4 Å². The van der Waals surface area contributed by atoms with Crippen LogP contribution in [0.3, 0.4) is 0 Å². The first kappa shape index (κ1) is 32.9. The van der Waals surface area contributed by atoms with E-state index < -0.39 is 54.4 Å². The minimum atomic E-state index is -1.51. The Hall–Kier alpha value is -0.620. The van der Waals surface area contributed by atoms with Crippen molar-refractivity contribution in [3.05, 3.63) is 12.2 Å². The van der Waals surface area contributed by atoms with Crippen LogP contribution in [0, 0.1) is 50.2 Å². The molecule has 2 bridgehead atoms. The molecule has 0 aromatic rings. The molecule has 6 fully saturated rings. The number of allylic oxidation sites excluding steroid dienone is 1. The van der Waals surface area contributed by atoms with E-state index in [4.69, 9.17) is 14.2 Å². The van der Waals surface area contributed by atoms with Crippen molar-refractivity contribution in [2.24, 2.45) is 50.2 Å². The Bertz CT molecular complexity index is 1210. The van der Waals surface area contributed by atoms with Crippen LogP contribution in [-0.2, 0) is 14.2 Å². The Kier molecular flexibility index (Phi) is 7.46. The summed E-state index contributed by atoms with van der Waals surface area (Å²) in [4.78, 5) is 0. The molecule has 2 aliphatic heterocycles. The molecule has 2 saturated heterocycles. The van der Waals surface area contributed by atoms with Crippen LogP contribution in [0.1, 0.15) is 92.9 Å². The molecular formula is C36H58O9. The summed E-state index contributed by atoms with van der Waals surface area (Å²) in [6.07, 6.45) is 4.55. The fourth-order valence-electron chi connectivity index (χ4n) is 12.9. The molecule has 16 atom stereocenters. The first-order valence-electron chi connectivity index (χ1n) is 17.6. The summed E-state index contributed by atoms with van der Waals surface area (Å²) in [5, 5.41) is 64.2. The lowest BCUT2D eigenvalue weighted by molar-refractivity contribution is -0.334. The molecule has 5 aliphatic carbocycles. The molecule has 0 aromatic carbocycles. The van der Waals surface area contributed by atoms with Gasteiger partial charge >= 0.3 is 0 Å². The SMILES string of the molecule is CC1(C)CC[C@]23CO[C@@]4(C=C[C@@H]5[C@@]6(C)CCC(O[C@@H]7O[C@H](CO)[C@@H](O)[C@H](O)[C@H]7O)[C@@](C)(CO)[C@@H]6CC[C@@]5(C)[C@]4(C)CC2O)[C@@H]3C1. The molecule has 2 heterocycles. The lowest BCUT2D eigenvalue weighted by Crippen LogP contribution is -2.72. The molecule has 0 aromatic heterocycles. The van der Waals surface area contributed by atoms with Crippen LogP contribution in [0.5, 0.6) is 0 Å². The van der Waals surface area contributed by atoms with E-state index in [0.717, 1.165) is 44.9 Å². The van der Waals surface area contributed by atoms with Gasteiger partial charge in [0.1, 0.15) is 24.4 Å². The van der Waals surface area contributed by atoms with Crippen molar-refractivity contribution in [3.63, 3.8) is 0 Å². The van der Waals surface area contributed by atoms with E-state index in [0.29, 0.717) is 13.0 Å². The second-order valence-electron chi connectivity index (χ2n) is 18.2. The Morgan fingerprint density at radius 3 is 2.24 bits per heavy atom. The first-order valence-corrected chi connectivity index (χ1v) is 17.6. The van der Waals surface area contributed by atoms with Gasteiger partial charge in [-0.25, -0.2) is 0 Å². The van der Waals surface area contributed by atoms with Crippen molar-refractivity contribution in [1.29, 1.82) is 0 Å². The molecule has 0 radical (unpaired) electrons. The highest BCUT2D eigenvalue weighted by molar-refractivity contribution is 5.36. The third kappa shape index (κ3) is 3.99. The molecule has 7 rings (SSSR count). The first-order chi connectivity index (χ1) is 21.0. The molecule has 45 heavy (non-hydrogen) atoms. The highest BCUT2D eigenvalue weighted by Crippen LogP contribution is 2.79. The number of rotatable bonds is 4. The van der Waals surface area contributed by atoms with Crippen LogP contribution in [0.25, 0.3) is 0 Å². The van der Waals surface area contributed by atoms with Gasteiger partial charge in [-0.3, -0.25) is 0 Å². The average molecular weight is 635 g/mol. The molecule has 256 valence electrons. The standard InChI is InChI=1S/C36H58O9/c1-30(2)13-14-35-19-43-36(23(35)15-30)12-8-22-31(3)10-9-25(45-29-28(42)27(41)26(40)20(17-37)44-29)32(4,18-38)21(31)7-11-33(22,5)34(36,6)16-24(35)39/h8,12,20-29,37-42H,7,9-11,13-19H2,1-6H3/t20-,21-,22-,23-,24?,25?,26-,27+,28-,29+,31+,32+,33-,34+,35-,36+/m1/s1. The second kappa shape index (κ2) is 10.2. The Balaban J connectivity index is 1.22. The van der Waals surface area contributed by atoms with Gasteiger partial charge in [-0.15, -0.1) is 0 Å². The summed E-state index contributed by atoms with van der Waals surface area (Å²) < 4.78 is 19.2. The monoisotopic (exact) mass is 634 g/mol. The molecule has 9 nitrogen and oxygen atoms in total. The number of aliphatic hydroxyl groups is 6. The molecule has 9 heteroatoms. The predicted molar refractivity (Wildman–Crippen MR) is 166 cm³/mol. The molecule has 1 spiro atoms. The van der Waals surface area contributed by atoms with E-state index in [1.54, 1.807) is 0 Å². The highest BCUT2D eigenvalue weighted by atomic mass is 16.7. The summed E-state index contributed by atoms with van der Waals surface area (Å²) in [5.74, 6) is 0.594. The lowest BCUT2D eigenvalue weighted by atomic mass is 9.32. The lowest BCUT2D eigenvalue weighted by Gasteiger charge is -2.73. The van der Waals surface area contributed by atoms with E-state index in [2.05, 4.69) is 53.7 Å². The maximum atomic E-state index is 12.0. The largest absolute Gasteiger partial charge is 0.396 e. The number of ether oxygens (including phenoxy) is 3. The van der Waals surface area contributed by atoms with Gasteiger partial charge in [0, 0.05) is 22.2 Å². The van der Waals surface area contributed by atoms with Crippen LogP contribution in [0.2, 0.25) is 0 Å². The van der Waals surface area contributed by atoms with Crippen molar-refractivity contribution < 1.29 is 44.8 Å². The Morgan fingerprint density at radius 1 is 0.822 bits per heavy atom. The zero-order chi connectivity index (χ0) is 32.6. The third-order valence-electron chi connectivity index (χ3n) is 15.8. The molecule has 6 N–H and O–H groups in total. The van der Waals surface area contributed by atoms with E-state index in [1.807, 2.05) is 0 Å². The van der Waals surface area contributed by atoms with Crippen LogP contribution < -0.4 is 0 Å².